The van der Waals surface area contributed by atoms with Gasteiger partial charge in [-0.15, -0.1) is 0 Å². The van der Waals surface area contributed by atoms with Gasteiger partial charge in [0.25, 0.3) is 0 Å². The second-order valence-electron chi connectivity index (χ2n) is 30.3. The molecule has 23 rings (SSSR count). The van der Waals surface area contributed by atoms with Crippen LogP contribution in [0.1, 0.15) is 11.1 Å². The van der Waals surface area contributed by atoms with Crippen LogP contribution in [0.4, 0.5) is 0 Å². The fraction of sp³-hybridized carbons (Fsp3) is 0. The topological polar surface area (TPSA) is 96.1 Å². The monoisotopic (exact) mass is 1500 g/mol. The van der Waals surface area contributed by atoms with Gasteiger partial charge in [0.1, 0.15) is 0 Å². The van der Waals surface area contributed by atoms with Crippen LogP contribution in [0, 0.1) is 22.7 Å². The van der Waals surface area contributed by atoms with Crippen LogP contribution in [0.25, 0.3) is 220 Å². The van der Waals surface area contributed by atoms with Crippen LogP contribution in [0.15, 0.2) is 407 Å². The SMILES string of the molecule is N#Cc1ccc2c3ccc(-c4ccc(-c5cc6c7ccccc7c(-c7ccc(-c8cccc9cccnc89)cc7)cc6c6ccccc56)cc4)cc3n(-c3ccccc3)c2c1.N#Cc1ccc2c3ccc(-c4ccc(-c5cc6c7ccccc7c(-c7cccc(-c8ccncc8)n7)cc6c6ccccc56)cc4)cc3n(-c3ccccc3)c2c1. The van der Waals surface area contributed by atoms with E-state index in [9.17, 15) is 10.5 Å². The predicted octanol–water partition coefficient (Wildman–Crippen LogP) is 28.9. The van der Waals surface area contributed by atoms with Gasteiger partial charge < -0.3 is 9.13 Å². The van der Waals surface area contributed by atoms with Gasteiger partial charge in [-0.3, -0.25) is 9.97 Å². The largest absolute Gasteiger partial charge is 0.309 e. The zero-order valence-electron chi connectivity index (χ0n) is 63.8. The summed E-state index contributed by atoms with van der Waals surface area (Å²) < 4.78 is 4.55. The molecule has 0 saturated carbocycles. The average molecular weight is 1500 g/mol. The maximum Gasteiger partial charge on any atom is 0.0992 e. The Morgan fingerprint density at radius 3 is 1.00 bits per heavy atom. The van der Waals surface area contributed by atoms with Gasteiger partial charge in [0, 0.05) is 73.6 Å². The number of benzene rings is 18. The first-order valence-electron chi connectivity index (χ1n) is 39.8. The van der Waals surface area contributed by atoms with E-state index in [0.29, 0.717) is 11.1 Å². The minimum absolute atomic E-state index is 0.650. The molecule has 7 heteroatoms. The molecule has 0 saturated heterocycles. The molecule has 0 radical (unpaired) electrons. The van der Waals surface area contributed by atoms with Gasteiger partial charge >= 0.3 is 0 Å². The number of pyridine rings is 3. The molecule has 0 aliphatic rings. The molecule has 0 spiro atoms. The van der Waals surface area contributed by atoms with E-state index in [1.807, 2.05) is 73.2 Å². The van der Waals surface area contributed by atoms with Gasteiger partial charge in [-0.05, 0) is 241 Å². The fourth-order valence-corrected chi connectivity index (χ4v) is 18.2. The normalized spacial score (nSPS) is 11.5. The molecule has 0 aliphatic heterocycles. The van der Waals surface area contributed by atoms with E-state index >= 15 is 0 Å². The van der Waals surface area contributed by atoms with Gasteiger partial charge in [0.2, 0.25) is 0 Å². The van der Waals surface area contributed by atoms with Crippen LogP contribution in [0.3, 0.4) is 0 Å². The Bertz CT molecular complexity index is 8090. The molecular formula is C111H67N7. The number of nitrogens with zero attached hydrogens (tertiary/aromatic N) is 7. The number of hydrogen-bond acceptors (Lipinski definition) is 5. The van der Waals surface area contributed by atoms with E-state index in [2.05, 4.69) is 360 Å². The van der Waals surface area contributed by atoms with Crippen LogP contribution in [0.5, 0.6) is 0 Å². The van der Waals surface area contributed by atoms with Crippen molar-refractivity contribution in [3.63, 3.8) is 0 Å². The van der Waals surface area contributed by atoms with Gasteiger partial charge in [-0.25, -0.2) is 4.98 Å². The second-order valence-corrected chi connectivity index (χ2v) is 30.3. The third-order valence-electron chi connectivity index (χ3n) is 23.8. The summed E-state index contributed by atoms with van der Waals surface area (Å²) in [5, 5.41) is 39.9. The molecule has 0 fully saturated rings. The molecule has 0 N–H and O–H groups in total. The van der Waals surface area contributed by atoms with Crippen molar-refractivity contribution in [1.29, 1.82) is 10.5 Å². The first kappa shape index (κ1) is 68.6. The highest BCUT2D eigenvalue weighted by Gasteiger charge is 2.22. The Morgan fingerprint density at radius 1 is 0.212 bits per heavy atom. The summed E-state index contributed by atoms with van der Waals surface area (Å²) in [7, 11) is 0. The van der Waals surface area contributed by atoms with Crippen LogP contribution < -0.4 is 0 Å². The average Bonchev–Trinajstić information content (AvgIpc) is 0.770. The third-order valence-corrected chi connectivity index (χ3v) is 23.8. The van der Waals surface area contributed by atoms with Crippen molar-refractivity contribution in [2.75, 3.05) is 0 Å². The Hall–Kier alpha value is -16.2. The number of nitriles is 2. The van der Waals surface area contributed by atoms with Crippen LogP contribution in [-0.2, 0) is 0 Å². The van der Waals surface area contributed by atoms with Crippen LogP contribution >= 0.6 is 0 Å². The number of hydrogen-bond donors (Lipinski definition) is 0. The van der Waals surface area contributed by atoms with E-state index < -0.39 is 0 Å². The molecule has 7 nitrogen and oxygen atoms in total. The molecule has 0 amide bonds. The van der Waals surface area contributed by atoms with Crippen LogP contribution in [-0.4, -0.2) is 24.1 Å². The zero-order chi connectivity index (χ0) is 78.3. The number of aromatic nitrogens is 5. The summed E-state index contributed by atoms with van der Waals surface area (Å²) in [6.45, 7) is 0. The van der Waals surface area contributed by atoms with Crippen molar-refractivity contribution in [1.82, 2.24) is 24.1 Å². The van der Waals surface area contributed by atoms with Gasteiger partial charge in [-0.1, -0.05) is 273 Å². The summed E-state index contributed by atoms with van der Waals surface area (Å²) in [6.07, 6.45) is 5.49. The maximum absolute atomic E-state index is 9.74. The third kappa shape index (κ3) is 11.7. The Kier molecular flexibility index (Phi) is 16.6. The van der Waals surface area contributed by atoms with Gasteiger partial charge in [-0.2, -0.15) is 10.5 Å². The summed E-state index contributed by atoms with van der Waals surface area (Å²) in [5.74, 6) is 0. The highest BCUT2D eigenvalue weighted by Crippen LogP contribution is 2.47. The number of rotatable bonds is 10. The maximum atomic E-state index is 9.74. The summed E-state index contributed by atoms with van der Waals surface area (Å²) in [6, 6.07) is 143. The quantitative estimate of drug-likeness (QED) is 0.127. The molecular weight excluding hydrogens is 1430 g/mol. The second kappa shape index (κ2) is 28.5. The lowest BCUT2D eigenvalue weighted by Crippen LogP contribution is -1.93. The van der Waals surface area contributed by atoms with E-state index in [0.717, 1.165) is 122 Å². The van der Waals surface area contributed by atoms with Crippen molar-refractivity contribution in [3.05, 3.63) is 418 Å². The van der Waals surface area contributed by atoms with E-state index in [1.54, 1.807) is 0 Å². The van der Waals surface area contributed by atoms with Crippen molar-refractivity contribution in [3.8, 4) is 113 Å². The Labute approximate surface area is 680 Å². The Balaban J connectivity index is 0.000000143. The fourth-order valence-electron chi connectivity index (χ4n) is 18.2. The molecule has 118 heavy (non-hydrogen) atoms. The molecule has 18 aromatic carbocycles. The van der Waals surface area contributed by atoms with E-state index in [4.69, 9.17) is 9.97 Å². The summed E-state index contributed by atoms with van der Waals surface area (Å²) in [5.41, 5.74) is 26.8. The molecule has 0 aliphatic carbocycles. The highest BCUT2D eigenvalue weighted by atomic mass is 15.0. The first-order valence-corrected chi connectivity index (χ1v) is 39.8. The minimum atomic E-state index is 0.650. The summed E-state index contributed by atoms with van der Waals surface area (Å²) in [4.78, 5) is 14.1. The Morgan fingerprint density at radius 2 is 0.559 bits per heavy atom. The lowest BCUT2D eigenvalue weighted by molar-refractivity contribution is 1.18. The van der Waals surface area contributed by atoms with Gasteiger partial charge in [0.15, 0.2) is 0 Å². The molecule has 5 heterocycles. The molecule has 546 valence electrons. The smallest absolute Gasteiger partial charge is 0.0992 e. The molecule has 0 unspecified atom stereocenters. The predicted molar refractivity (Wildman–Crippen MR) is 490 cm³/mol. The van der Waals surface area contributed by atoms with Crippen molar-refractivity contribution in [2.45, 2.75) is 0 Å². The van der Waals surface area contributed by atoms with Gasteiger partial charge in [0.05, 0.1) is 62.2 Å². The lowest BCUT2D eigenvalue weighted by Gasteiger charge is -2.16. The highest BCUT2D eigenvalue weighted by molar-refractivity contribution is 6.26. The number of para-hydroxylation sites is 3. The minimum Gasteiger partial charge on any atom is -0.309 e. The lowest BCUT2D eigenvalue weighted by atomic mass is 9.87. The van der Waals surface area contributed by atoms with Crippen LogP contribution in [0.2, 0.25) is 0 Å². The molecule has 0 atom stereocenters. The van der Waals surface area contributed by atoms with E-state index in [1.165, 1.54) is 98.0 Å². The zero-order valence-corrected chi connectivity index (χ0v) is 63.8. The van der Waals surface area contributed by atoms with Crippen molar-refractivity contribution >= 4 is 119 Å². The molecule has 23 aromatic rings. The van der Waals surface area contributed by atoms with E-state index in [-0.39, 0.29) is 0 Å². The van der Waals surface area contributed by atoms with Crippen molar-refractivity contribution < 1.29 is 0 Å². The molecule has 5 aromatic heterocycles. The standard InChI is InChI=1S/C58H35N3.C53H32N4/c59-36-37-19-29-50-51-30-28-43(33-57(51)61(56(50)32-37)44-12-2-1-3-13-44)38-20-22-40(23-21-38)52-34-54-49-17-7-5-15-47(49)53(35-55(54)48-16-6-4-14-46(48)52)41-26-24-39(25-27-41)45-18-8-10-42-11-9-31-60-58(42)45;54-33-34-17-23-44-45-24-22-38(30-53(45)57(52(44)29-34)39-9-2-1-3-10-39)35-18-20-36(21-19-35)46-31-47-42-13-6-7-14-43(42)49(32-48(47)41-12-5-4-11-40(41)46)51-16-8-15-50(56-51)37-25-27-55-28-26-37/h1-35H;1-32H. The van der Waals surface area contributed by atoms with Crippen molar-refractivity contribution in [2.24, 2.45) is 0 Å². The summed E-state index contributed by atoms with van der Waals surface area (Å²) >= 11 is 0. The first-order chi connectivity index (χ1) is 58.4. The number of fused-ring (bicyclic) bond motifs is 17. The molecule has 0 bridgehead atoms.